The second-order valence-corrected chi connectivity index (χ2v) is 5.84. The smallest absolute Gasteiger partial charge is 0.120 e. The second kappa shape index (κ2) is 6.12. The van der Waals surface area contributed by atoms with Gasteiger partial charge in [0.1, 0.15) is 12.4 Å². The van der Waals surface area contributed by atoms with Gasteiger partial charge >= 0.3 is 0 Å². The maximum Gasteiger partial charge on any atom is 0.120 e. The maximum absolute atomic E-state index is 5.97. The molecule has 1 aromatic rings. The summed E-state index contributed by atoms with van der Waals surface area (Å²) in [4.78, 5) is 0. The average Bonchev–Trinajstić information content (AvgIpc) is 3.13. The molecule has 104 valence electrons. The number of halogens is 1. The summed E-state index contributed by atoms with van der Waals surface area (Å²) in [6, 6.07) is 8.26. The van der Waals surface area contributed by atoms with Crippen molar-refractivity contribution in [2.24, 2.45) is 0 Å². The molecular weight excluding hydrogens is 262 g/mol. The lowest BCUT2D eigenvalue weighted by molar-refractivity contribution is 0.0184. The van der Waals surface area contributed by atoms with Gasteiger partial charge in [-0.15, -0.1) is 0 Å². The highest BCUT2D eigenvalue weighted by Crippen LogP contribution is 2.24. The zero-order chi connectivity index (χ0) is 13.1. The molecule has 3 nitrogen and oxygen atoms in total. The van der Waals surface area contributed by atoms with Crippen LogP contribution in [0.1, 0.15) is 25.7 Å². The van der Waals surface area contributed by atoms with Gasteiger partial charge in [0.15, 0.2) is 0 Å². The van der Waals surface area contributed by atoms with Crippen LogP contribution in [0.4, 0.5) is 0 Å². The molecule has 0 radical (unpaired) electrons. The molecule has 0 bridgehead atoms. The molecule has 2 atom stereocenters. The van der Waals surface area contributed by atoms with Gasteiger partial charge in [0.05, 0.1) is 12.2 Å². The number of nitrogens with one attached hydrogen (secondary N) is 1. The Morgan fingerprint density at radius 2 is 2.05 bits per heavy atom. The van der Waals surface area contributed by atoms with E-state index in [9.17, 15) is 0 Å². The van der Waals surface area contributed by atoms with Gasteiger partial charge in [-0.3, -0.25) is 0 Å². The van der Waals surface area contributed by atoms with E-state index in [0.717, 1.165) is 31.2 Å². The van der Waals surface area contributed by atoms with Crippen LogP contribution in [-0.4, -0.2) is 31.4 Å². The zero-order valence-electron chi connectivity index (χ0n) is 11.0. The quantitative estimate of drug-likeness (QED) is 0.869. The highest BCUT2D eigenvalue weighted by Gasteiger charge is 2.28. The molecule has 1 aromatic carbocycles. The number of hydrogen-bond acceptors (Lipinski definition) is 3. The van der Waals surface area contributed by atoms with Crippen LogP contribution in [0.2, 0.25) is 5.02 Å². The van der Waals surface area contributed by atoms with Crippen molar-refractivity contribution in [3.8, 4) is 5.75 Å². The van der Waals surface area contributed by atoms with E-state index in [0.29, 0.717) is 17.7 Å². The topological polar surface area (TPSA) is 30.5 Å². The lowest BCUT2D eigenvalue weighted by atomic mass is 10.2. The largest absolute Gasteiger partial charge is 0.491 e. The van der Waals surface area contributed by atoms with Gasteiger partial charge in [-0.2, -0.15) is 0 Å². The number of ether oxygens (including phenoxy) is 2. The SMILES string of the molecule is Clc1cccc(OCC2CCC(CNC3CC3)O2)c1. The van der Waals surface area contributed by atoms with Crippen molar-refractivity contribution in [2.75, 3.05) is 13.2 Å². The first-order chi connectivity index (χ1) is 9.29. The van der Waals surface area contributed by atoms with Gasteiger partial charge in [0.2, 0.25) is 0 Å². The molecule has 1 N–H and O–H groups in total. The van der Waals surface area contributed by atoms with Crippen molar-refractivity contribution >= 4 is 11.6 Å². The van der Waals surface area contributed by atoms with Crippen LogP contribution in [0.25, 0.3) is 0 Å². The third kappa shape index (κ3) is 4.10. The summed E-state index contributed by atoms with van der Waals surface area (Å²) in [6.45, 7) is 1.60. The van der Waals surface area contributed by atoms with Crippen molar-refractivity contribution in [3.05, 3.63) is 29.3 Å². The monoisotopic (exact) mass is 281 g/mol. The molecule has 0 amide bonds. The van der Waals surface area contributed by atoms with Gasteiger partial charge in [-0.05, 0) is 43.9 Å². The molecule has 1 saturated heterocycles. The third-order valence-electron chi connectivity index (χ3n) is 3.64. The summed E-state index contributed by atoms with van der Waals surface area (Å²) in [7, 11) is 0. The standard InChI is InChI=1S/C15H20ClNO2/c16-11-2-1-3-13(8-11)18-10-15-7-6-14(19-15)9-17-12-4-5-12/h1-3,8,12,14-15,17H,4-7,9-10H2. The van der Waals surface area contributed by atoms with E-state index in [1.165, 1.54) is 12.8 Å². The van der Waals surface area contributed by atoms with Crippen LogP contribution < -0.4 is 10.1 Å². The van der Waals surface area contributed by atoms with Gasteiger partial charge < -0.3 is 14.8 Å². The van der Waals surface area contributed by atoms with E-state index in [-0.39, 0.29) is 6.10 Å². The van der Waals surface area contributed by atoms with Crippen LogP contribution in [0.15, 0.2) is 24.3 Å². The van der Waals surface area contributed by atoms with Gasteiger partial charge in [0.25, 0.3) is 0 Å². The summed E-state index contributed by atoms with van der Waals surface area (Å²) >= 11 is 5.92. The molecular formula is C15H20ClNO2. The molecule has 0 spiro atoms. The van der Waals surface area contributed by atoms with Crippen LogP contribution in [0, 0.1) is 0 Å². The zero-order valence-corrected chi connectivity index (χ0v) is 11.7. The van der Waals surface area contributed by atoms with E-state index in [4.69, 9.17) is 21.1 Å². The molecule has 19 heavy (non-hydrogen) atoms. The highest BCUT2D eigenvalue weighted by atomic mass is 35.5. The summed E-state index contributed by atoms with van der Waals surface area (Å²) in [5.41, 5.74) is 0. The molecule has 2 fully saturated rings. The van der Waals surface area contributed by atoms with Gasteiger partial charge in [-0.1, -0.05) is 17.7 Å². The highest BCUT2D eigenvalue weighted by molar-refractivity contribution is 6.30. The Balaban J connectivity index is 1.38. The Labute approximate surface area is 119 Å². The minimum Gasteiger partial charge on any atom is -0.491 e. The summed E-state index contributed by atoms with van der Waals surface area (Å²) in [5, 5.41) is 4.22. The molecule has 4 heteroatoms. The first kappa shape index (κ1) is 13.2. The Kier molecular flexibility index (Phi) is 4.26. The predicted molar refractivity (Wildman–Crippen MR) is 75.9 cm³/mol. The normalized spacial score (nSPS) is 26.6. The summed E-state index contributed by atoms with van der Waals surface area (Å²) in [6.07, 6.45) is 5.43. The molecule has 3 rings (SSSR count). The fourth-order valence-electron chi connectivity index (χ4n) is 2.38. The minimum absolute atomic E-state index is 0.213. The van der Waals surface area contributed by atoms with Crippen molar-refractivity contribution in [3.63, 3.8) is 0 Å². The van der Waals surface area contributed by atoms with Crippen molar-refractivity contribution in [2.45, 2.75) is 43.9 Å². The maximum atomic E-state index is 5.97. The third-order valence-corrected chi connectivity index (χ3v) is 3.87. The summed E-state index contributed by atoms with van der Waals surface area (Å²) < 4.78 is 11.7. The van der Waals surface area contributed by atoms with E-state index < -0.39 is 0 Å². The van der Waals surface area contributed by atoms with Crippen LogP contribution in [0.5, 0.6) is 5.75 Å². The molecule has 0 aromatic heterocycles. The van der Waals surface area contributed by atoms with E-state index >= 15 is 0 Å². The fraction of sp³-hybridized carbons (Fsp3) is 0.600. The number of rotatable bonds is 6. The van der Waals surface area contributed by atoms with E-state index in [1.54, 1.807) is 0 Å². The predicted octanol–water partition coefficient (Wildman–Crippen LogP) is 3.02. The Bertz CT molecular complexity index is 422. The first-order valence-corrected chi connectivity index (χ1v) is 7.44. The molecule has 1 aliphatic heterocycles. The average molecular weight is 282 g/mol. The Hall–Kier alpha value is -0.770. The summed E-state index contributed by atoms with van der Waals surface area (Å²) in [5.74, 6) is 0.815. The van der Waals surface area contributed by atoms with Crippen LogP contribution >= 0.6 is 11.6 Å². The van der Waals surface area contributed by atoms with E-state index in [1.807, 2.05) is 24.3 Å². The van der Waals surface area contributed by atoms with Crippen LogP contribution in [-0.2, 0) is 4.74 Å². The molecule has 1 saturated carbocycles. The lowest BCUT2D eigenvalue weighted by Gasteiger charge is -2.15. The number of benzene rings is 1. The Morgan fingerprint density at radius 1 is 1.21 bits per heavy atom. The first-order valence-electron chi connectivity index (χ1n) is 7.07. The van der Waals surface area contributed by atoms with Crippen molar-refractivity contribution in [1.82, 2.24) is 5.32 Å². The fourth-order valence-corrected chi connectivity index (χ4v) is 2.56. The number of hydrogen-bond donors (Lipinski definition) is 1. The van der Waals surface area contributed by atoms with E-state index in [2.05, 4.69) is 5.32 Å². The minimum atomic E-state index is 0.213. The Morgan fingerprint density at radius 3 is 2.84 bits per heavy atom. The van der Waals surface area contributed by atoms with Gasteiger partial charge in [0, 0.05) is 17.6 Å². The molecule has 1 heterocycles. The lowest BCUT2D eigenvalue weighted by Crippen LogP contribution is -2.29. The molecule has 1 aliphatic carbocycles. The second-order valence-electron chi connectivity index (χ2n) is 5.41. The van der Waals surface area contributed by atoms with Crippen molar-refractivity contribution in [1.29, 1.82) is 0 Å². The molecule has 2 aliphatic rings. The van der Waals surface area contributed by atoms with Gasteiger partial charge in [-0.25, -0.2) is 0 Å². The molecule has 2 unspecified atom stereocenters. The van der Waals surface area contributed by atoms with Crippen molar-refractivity contribution < 1.29 is 9.47 Å². The van der Waals surface area contributed by atoms with Crippen LogP contribution in [0.3, 0.4) is 0 Å².